The van der Waals surface area contributed by atoms with Gasteiger partial charge in [0.15, 0.2) is 0 Å². The van der Waals surface area contributed by atoms with Crippen molar-refractivity contribution in [3.63, 3.8) is 0 Å². The molecule has 1 N–H and O–H groups in total. The maximum absolute atomic E-state index is 12.7. The third kappa shape index (κ3) is 4.58. The zero-order valence-corrected chi connectivity index (χ0v) is 13.7. The predicted octanol–water partition coefficient (Wildman–Crippen LogP) is 2.51. The zero-order valence-electron chi connectivity index (χ0n) is 12.8. The Kier molecular flexibility index (Phi) is 6.65. The van der Waals surface area contributed by atoms with Gasteiger partial charge in [-0.05, 0) is 27.2 Å². The molecular weight excluding hydrogens is 276 g/mol. The van der Waals surface area contributed by atoms with Crippen LogP contribution in [-0.4, -0.2) is 63.1 Å². The highest BCUT2D eigenvalue weighted by Crippen LogP contribution is 2.25. The number of urea groups is 1. The molecule has 0 aromatic carbocycles. The van der Waals surface area contributed by atoms with Crippen LogP contribution in [0.15, 0.2) is 0 Å². The molecule has 0 aromatic heterocycles. The third-order valence-corrected chi connectivity index (χ3v) is 5.13. The molecule has 1 fully saturated rings. The molecule has 116 valence electrons. The lowest BCUT2D eigenvalue weighted by Crippen LogP contribution is -2.54. The molecule has 5 nitrogen and oxygen atoms in total. The van der Waals surface area contributed by atoms with Crippen molar-refractivity contribution >= 4 is 23.8 Å². The van der Waals surface area contributed by atoms with Crippen molar-refractivity contribution in [1.82, 2.24) is 9.80 Å². The molecule has 1 heterocycles. The van der Waals surface area contributed by atoms with Crippen LogP contribution in [0.2, 0.25) is 0 Å². The second-order valence-corrected chi connectivity index (χ2v) is 7.06. The van der Waals surface area contributed by atoms with Crippen LogP contribution in [0, 0.1) is 0 Å². The molecule has 1 aliphatic rings. The third-order valence-electron chi connectivity index (χ3n) is 3.79. The van der Waals surface area contributed by atoms with Gasteiger partial charge in [-0.15, -0.1) is 0 Å². The van der Waals surface area contributed by atoms with Crippen LogP contribution < -0.4 is 0 Å². The van der Waals surface area contributed by atoms with Gasteiger partial charge >= 0.3 is 12.0 Å². The van der Waals surface area contributed by atoms with Gasteiger partial charge in [0, 0.05) is 42.6 Å². The van der Waals surface area contributed by atoms with E-state index in [1.165, 1.54) is 0 Å². The number of carbonyl (C=O) groups is 2. The minimum Gasteiger partial charge on any atom is -0.481 e. The first-order chi connectivity index (χ1) is 9.34. The molecule has 1 saturated heterocycles. The molecule has 0 aromatic rings. The van der Waals surface area contributed by atoms with E-state index < -0.39 is 5.97 Å². The number of nitrogens with zero attached hydrogens (tertiary/aromatic N) is 2. The SMILES string of the molecule is CC1SCCN(C(=O)N(CCCC(=O)O)C(C)C)C1C. The first-order valence-electron chi connectivity index (χ1n) is 7.25. The average Bonchev–Trinajstić information content (AvgIpc) is 2.36. The summed E-state index contributed by atoms with van der Waals surface area (Å²) in [6, 6.07) is 0.361. The van der Waals surface area contributed by atoms with E-state index in [1.54, 1.807) is 4.90 Å². The van der Waals surface area contributed by atoms with Gasteiger partial charge in [-0.25, -0.2) is 4.79 Å². The van der Waals surface area contributed by atoms with Crippen molar-refractivity contribution in [3.8, 4) is 0 Å². The van der Waals surface area contributed by atoms with Crippen LogP contribution in [-0.2, 0) is 4.79 Å². The molecule has 1 aliphatic heterocycles. The molecule has 6 heteroatoms. The van der Waals surface area contributed by atoms with Crippen molar-refractivity contribution in [2.45, 2.75) is 57.9 Å². The predicted molar refractivity (Wildman–Crippen MR) is 82.2 cm³/mol. The summed E-state index contributed by atoms with van der Waals surface area (Å²) in [6.45, 7) is 9.48. The Hall–Kier alpha value is -0.910. The molecule has 2 unspecified atom stereocenters. The first kappa shape index (κ1) is 17.1. The number of hydrogen-bond donors (Lipinski definition) is 1. The standard InChI is InChI=1S/C14H26N2O3S/c1-10(2)15(7-5-6-13(17)18)14(19)16-8-9-20-12(4)11(16)3/h10-12H,5-9H2,1-4H3,(H,17,18). The summed E-state index contributed by atoms with van der Waals surface area (Å²) in [5.74, 6) is 0.163. The monoisotopic (exact) mass is 302 g/mol. The minimum absolute atomic E-state index is 0.0463. The highest BCUT2D eigenvalue weighted by Gasteiger charge is 2.32. The molecule has 0 spiro atoms. The Bertz CT molecular complexity index is 349. The van der Waals surface area contributed by atoms with E-state index >= 15 is 0 Å². The van der Waals surface area contributed by atoms with Gasteiger partial charge in [0.05, 0.1) is 0 Å². The highest BCUT2D eigenvalue weighted by molar-refractivity contribution is 8.00. The number of carbonyl (C=O) groups excluding carboxylic acids is 1. The number of thioether (sulfide) groups is 1. The van der Waals surface area contributed by atoms with E-state index in [-0.39, 0.29) is 24.5 Å². The Morgan fingerprint density at radius 3 is 2.60 bits per heavy atom. The molecular formula is C14H26N2O3S. The van der Waals surface area contributed by atoms with Crippen molar-refractivity contribution in [1.29, 1.82) is 0 Å². The number of carboxylic acid groups (broad SMARTS) is 1. The van der Waals surface area contributed by atoms with E-state index in [4.69, 9.17) is 5.11 Å². The number of rotatable bonds is 5. The van der Waals surface area contributed by atoms with Gasteiger partial charge in [-0.1, -0.05) is 6.92 Å². The Labute approximate surface area is 125 Å². The van der Waals surface area contributed by atoms with Gasteiger partial charge in [0.25, 0.3) is 0 Å². The van der Waals surface area contributed by atoms with Crippen LogP contribution in [0.4, 0.5) is 4.79 Å². The Morgan fingerprint density at radius 1 is 1.40 bits per heavy atom. The van der Waals surface area contributed by atoms with E-state index in [2.05, 4.69) is 13.8 Å². The van der Waals surface area contributed by atoms with E-state index in [1.807, 2.05) is 30.5 Å². The number of aliphatic carboxylic acids is 1. The fraction of sp³-hybridized carbons (Fsp3) is 0.857. The topological polar surface area (TPSA) is 60.9 Å². The second-order valence-electron chi connectivity index (χ2n) is 5.58. The number of carboxylic acids is 1. The molecule has 0 saturated carbocycles. The summed E-state index contributed by atoms with van der Waals surface area (Å²) in [7, 11) is 0. The van der Waals surface area contributed by atoms with Gasteiger partial charge in [0.2, 0.25) is 0 Å². The summed E-state index contributed by atoms with van der Waals surface area (Å²) in [5.41, 5.74) is 0. The fourth-order valence-electron chi connectivity index (χ4n) is 2.34. The summed E-state index contributed by atoms with van der Waals surface area (Å²) >= 11 is 1.90. The zero-order chi connectivity index (χ0) is 15.3. The molecule has 20 heavy (non-hydrogen) atoms. The summed E-state index contributed by atoms with van der Waals surface area (Å²) in [4.78, 5) is 27.0. The number of hydrogen-bond acceptors (Lipinski definition) is 3. The van der Waals surface area contributed by atoms with Gasteiger partial charge in [-0.2, -0.15) is 11.8 Å². The number of amides is 2. The van der Waals surface area contributed by atoms with Crippen molar-refractivity contribution in [2.75, 3.05) is 18.8 Å². The van der Waals surface area contributed by atoms with Crippen LogP contribution in [0.25, 0.3) is 0 Å². The largest absolute Gasteiger partial charge is 0.481 e. The summed E-state index contributed by atoms with van der Waals surface area (Å²) in [5, 5.41) is 9.16. The van der Waals surface area contributed by atoms with Gasteiger partial charge in [0.1, 0.15) is 0 Å². The summed E-state index contributed by atoms with van der Waals surface area (Å²) < 4.78 is 0. The maximum atomic E-state index is 12.7. The van der Waals surface area contributed by atoms with Crippen LogP contribution in [0.1, 0.15) is 40.5 Å². The van der Waals surface area contributed by atoms with E-state index in [0.29, 0.717) is 18.2 Å². The van der Waals surface area contributed by atoms with Gasteiger partial charge in [-0.3, -0.25) is 4.79 Å². The second kappa shape index (κ2) is 7.76. The molecule has 2 atom stereocenters. The first-order valence-corrected chi connectivity index (χ1v) is 8.30. The van der Waals surface area contributed by atoms with Gasteiger partial charge < -0.3 is 14.9 Å². The minimum atomic E-state index is -0.808. The van der Waals surface area contributed by atoms with Crippen molar-refractivity contribution in [3.05, 3.63) is 0 Å². The van der Waals surface area contributed by atoms with Crippen molar-refractivity contribution < 1.29 is 14.7 Å². The lowest BCUT2D eigenvalue weighted by molar-refractivity contribution is -0.137. The average molecular weight is 302 g/mol. The molecule has 1 rings (SSSR count). The van der Waals surface area contributed by atoms with E-state index in [9.17, 15) is 9.59 Å². The Morgan fingerprint density at radius 2 is 2.05 bits per heavy atom. The molecule has 0 aliphatic carbocycles. The lowest BCUT2D eigenvalue weighted by Gasteiger charge is -2.41. The normalized spacial score (nSPS) is 22.9. The Balaban J connectivity index is 2.65. The summed E-state index contributed by atoms with van der Waals surface area (Å²) in [6.07, 6.45) is 0.615. The van der Waals surface area contributed by atoms with Crippen LogP contribution in [0.3, 0.4) is 0 Å². The quantitative estimate of drug-likeness (QED) is 0.847. The van der Waals surface area contributed by atoms with Crippen LogP contribution in [0.5, 0.6) is 0 Å². The molecule has 2 amide bonds. The van der Waals surface area contributed by atoms with Crippen molar-refractivity contribution in [2.24, 2.45) is 0 Å². The highest BCUT2D eigenvalue weighted by atomic mass is 32.2. The smallest absolute Gasteiger partial charge is 0.320 e. The van der Waals surface area contributed by atoms with Crippen LogP contribution >= 0.6 is 11.8 Å². The fourth-order valence-corrected chi connectivity index (χ4v) is 3.44. The molecule has 0 bridgehead atoms. The van der Waals surface area contributed by atoms with E-state index in [0.717, 1.165) is 12.3 Å². The lowest BCUT2D eigenvalue weighted by atomic mass is 10.2. The molecule has 0 radical (unpaired) electrons. The maximum Gasteiger partial charge on any atom is 0.320 e.